The predicted molar refractivity (Wildman–Crippen MR) is 106 cm³/mol. The fourth-order valence-corrected chi connectivity index (χ4v) is 4.78. The van der Waals surface area contributed by atoms with Crippen LogP contribution in [0.15, 0.2) is 24.3 Å². The SMILES string of the molecule is CC[C@H](C)NC(=O)[C@H]1c2ccccc2C(=O)N(CCOC)C12CCCCC2. The van der Waals surface area contributed by atoms with Crippen LogP contribution < -0.4 is 5.32 Å². The number of nitrogens with zero attached hydrogens (tertiary/aromatic N) is 1. The summed E-state index contributed by atoms with van der Waals surface area (Å²) in [5, 5.41) is 3.20. The van der Waals surface area contributed by atoms with Gasteiger partial charge in [0.05, 0.1) is 18.1 Å². The largest absolute Gasteiger partial charge is 0.383 e. The maximum absolute atomic E-state index is 13.4. The first-order chi connectivity index (χ1) is 13.0. The fraction of sp³-hybridized carbons (Fsp3) is 0.636. The van der Waals surface area contributed by atoms with Crippen LogP contribution in [-0.4, -0.2) is 48.6 Å². The summed E-state index contributed by atoms with van der Waals surface area (Å²) in [6.07, 6.45) is 5.89. The zero-order valence-electron chi connectivity index (χ0n) is 16.8. The molecule has 1 N–H and O–H groups in total. The van der Waals surface area contributed by atoms with Gasteiger partial charge in [0.2, 0.25) is 5.91 Å². The molecule has 3 rings (SSSR count). The molecule has 0 saturated heterocycles. The van der Waals surface area contributed by atoms with Crippen molar-refractivity contribution in [2.45, 2.75) is 69.9 Å². The summed E-state index contributed by atoms with van der Waals surface area (Å²) >= 11 is 0. The Labute approximate surface area is 162 Å². The summed E-state index contributed by atoms with van der Waals surface area (Å²) in [5.41, 5.74) is 1.10. The first-order valence-corrected chi connectivity index (χ1v) is 10.3. The molecule has 148 valence electrons. The van der Waals surface area contributed by atoms with Crippen molar-refractivity contribution >= 4 is 11.8 Å². The van der Waals surface area contributed by atoms with E-state index < -0.39 is 5.54 Å². The van der Waals surface area contributed by atoms with E-state index in [0.717, 1.165) is 44.1 Å². The second-order valence-corrected chi connectivity index (χ2v) is 7.95. The minimum Gasteiger partial charge on any atom is -0.383 e. The molecule has 1 heterocycles. The number of rotatable bonds is 6. The molecule has 0 radical (unpaired) electrons. The zero-order valence-corrected chi connectivity index (χ0v) is 16.8. The molecular weight excluding hydrogens is 340 g/mol. The number of methoxy groups -OCH3 is 1. The van der Waals surface area contributed by atoms with Gasteiger partial charge in [-0.05, 0) is 37.8 Å². The van der Waals surface area contributed by atoms with E-state index in [9.17, 15) is 9.59 Å². The Balaban J connectivity index is 2.10. The van der Waals surface area contributed by atoms with Crippen LogP contribution in [0.4, 0.5) is 0 Å². The van der Waals surface area contributed by atoms with Crippen LogP contribution in [0, 0.1) is 0 Å². The number of nitrogens with one attached hydrogen (secondary N) is 1. The molecule has 5 heteroatoms. The van der Waals surface area contributed by atoms with Crippen LogP contribution in [0.1, 0.15) is 74.2 Å². The lowest BCUT2D eigenvalue weighted by atomic mass is 9.65. The van der Waals surface area contributed by atoms with E-state index in [1.807, 2.05) is 36.1 Å². The summed E-state index contributed by atoms with van der Waals surface area (Å²) in [6.45, 7) is 5.12. The van der Waals surface area contributed by atoms with Crippen LogP contribution in [0.3, 0.4) is 0 Å². The first-order valence-electron chi connectivity index (χ1n) is 10.3. The molecule has 0 bridgehead atoms. The molecule has 1 aliphatic carbocycles. The average Bonchev–Trinajstić information content (AvgIpc) is 2.68. The minimum atomic E-state index is -0.445. The van der Waals surface area contributed by atoms with E-state index in [4.69, 9.17) is 4.74 Å². The molecular formula is C22H32N2O3. The number of benzene rings is 1. The van der Waals surface area contributed by atoms with Crippen LogP contribution in [0.5, 0.6) is 0 Å². The number of ether oxygens (including phenoxy) is 1. The Morgan fingerprint density at radius 3 is 2.67 bits per heavy atom. The zero-order chi connectivity index (χ0) is 19.4. The third-order valence-corrected chi connectivity index (χ3v) is 6.32. The third-order valence-electron chi connectivity index (χ3n) is 6.32. The van der Waals surface area contributed by atoms with Gasteiger partial charge in [0, 0.05) is 25.3 Å². The summed E-state index contributed by atoms with van der Waals surface area (Å²) < 4.78 is 5.30. The molecule has 1 saturated carbocycles. The quantitative estimate of drug-likeness (QED) is 0.832. The van der Waals surface area contributed by atoms with Crippen LogP contribution in [0.25, 0.3) is 0 Å². The van der Waals surface area contributed by atoms with Gasteiger partial charge in [0.25, 0.3) is 5.91 Å². The number of fused-ring (bicyclic) bond motifs is 1. The monoisotopic (exact) mass is 372 g/mol. The molecule has 1 fully saturated rings. The molecule has 2 amide bonds. The van der Waals surface area contributed by atoms with E-state index >= 15 is 0 Å². The topological polar surface area (TPSA) is 58.6 Å². The fourth-order valence-electron chi connectivity index (χ4n) is 4.78. The van der Waals surface area contributed by atoms with Gasteiger partial charge in [-0.3, -0.25) is 9.59 Å². The summed E-state index contributed by atoms with van der Waals surface area (Å²) in [6, 6.07) is 7.77. The molecule has 2 aliphatic rings. The van der Waals surface area contributed by atoms with Crippen molar-refractivity contribution in [3.8, 4) is 0 Å². The van der Waals surface area contributed by atoms with Gasteiger partial charge in [-0.1, -0.05) is 44.4 Å². The third kappa shape index (κ3) is 3.62. The lowest BCUT2D eigenvalue weighted by Crippen LogP contribution is -2.63. The maximum atomic E-state index is 13.4. The Kier molecular flexibility index (Phi) is 6.20. The number of carbonyl (C=O) groups excluding carboxylic acids is 2. The van der Waals surface area contributed by atoms with E-state index in [-0.39, 0.29) is 23.8 Å². The summed E-state index contributed by atoms with van der Waals surface area (Å²) in [7, 11) is 1.66. The maximum Gasteiger partial charge on any atom is 0.254 e. The highest BCUT2D eigenvalue weighted by Crippen LogP contribution is 2.49. The Morgan fingerprint density at radius 2 is 2.00 bits per heavy atom. The second-order valence-electron chi connectivity index (χ2n) is 7.95. The predicted octanol–water partition coefficient (Wildman–Crippen LogP) is 3.49. The van der Waals surface area contributed by atoms with Gasteiger partial charge in [-0.25, -0.2) is 0 Å². The van der Waals surface area contributed by atoms with Crippen LogP contribution in [-0.2, 0) is 9.53 Å². The smallest absolute Gasteiger partial charge is 0.254 e. The van der Waals surface area contributed by atoms with Gasteiger partial charge in [0.15, 0.2) is 0 Å². The number of hydrogen-bond donors (Lipinski definition) is 1. The number of carbonyl (C=O) groups is 2. The molecule has 0 aromatic heterocycles. The number of hydrogen-bond acceptors (Lipinski definition) is 3. The average molecular weight is 373 g/mol. The van der Waals surface area contributed by atoms with E-state index in [1.165, 1.54) is 0 Å². The standard InChI is InChI=1S/C22H32N2O3/c1-4-16(2)23-20(25)19-17-10-6-7-11-18(17)21(26)24(14-15-27-3)22(19)12-8-5-9-13-22/h6-7,10-11,16,19H,4-5,8-9,12-15H2,1-3H3,(H,23,25)/t16-,19+/m0/s1. The van der Waals surface area contributed by atoms with E-state index in [0.29, 0.717) is 18.7 Å². The van der Waals surface area contributed by atoms with Gasteiger partial charge < -0.3 is 15.0 Å². The Hall–Kier alpha value is -1.88. The summed E-state index contributed by atoms with van der Waals surface area (Å²) in [5.74, 6) is -0.233. The van der Waals surface area contributed by atoms with Crippen molar-refractivity contribution in [1.29, 1.82) is 0 Å². The van der Waals surface area contributed by atoms with Gasteiger partial charge in [-0.2, -0.15) is 0 Å². The van der Waals surface area contributed by atoms with Crippen molar-refractivity contribution in [3.05, 3.63) is 35.4 Å². The Morgan fingerprint density at radius 1 is 1.30 bits per heavy atom. The lowest BCUT2D eigenvalue weighted by Gasteiger charge is -2.53. The first kappa shape index (κ1) is 19.9. The number of amides is 2. The van der Waals surface area contributed by atoms with Crippen molar-refractivity contribution < 1.29 is 14.3 Å². The van der Waals surface area contributed by atoms with Crippen molar-refractivity contribution in [2.24, 2.45) is 0 Å². The van der Waals surface area contributed by atoms with E-state index in [2.05, 4.69) is 12.2 Å². The molecule has 5 nitrogen and oxygen atoms in total. The second kappa shape index (κ2) is 8.42. The highest BCUT2D eigenvalue weighted by atomic mass is 16.5. The van der Waals surface area contributed by atoms with Crippen molar-refractivity contribution in [1.82, 2.24) is 10.2 Å². The Bertz CT molecular complexity index is 682. The van der Waals surface area contributed by atoms with Crippen molar-refractivity contribution in [2.75, 3.05) is 20.3 Å². The minimum absolute atomic E-state index is 0.0390. The summed E-state index contributed by atoms with van der Waals surface area (Å²) in [4.78, 5) is 28.8. The highest BCUT2D eigenvalue weighted by Gasteiger charge is 2.54. The van der Waals surface area contributed by atoms with E-state index in [1.54, 1.807) is 7.11 Å². The molecule has 1 spiro atoms. The molecule has 27 heavy (non-hydrogen) atoms. The van der Waals surface area contributed by atoms with Crippen molar-refractivity contribution in [3.63, 3.8) is 0 Å². The van der Waals surface area contributed by atoms with Crippen LogP contribution in [0.2, 0.25) is 0 Å². The van der Waals surface area contributed by atoms with Crippen LogP contribution >= 0.6 is 0 Å². The highest BCUT2D eigenvalue weighted by molar-refractivity contribution is 6.02. The molecule has 2 atom stereocenters. The molecule has 0 unspecified atom stereocenters. The molecule has 1 aromatic carbocycles. The lowest BCUT2D eigenvalue weighted by molar-refractivity contribution is -0.128. The van der Waals surface area contributed by atoms with Gasteiger partial charge in [-0.15, -0.1) is 0 Å². The normalized spacial score (nSPS) is 22.4. The molecule has 1 aromatic rings. The molecule has 1 aliphatic heterocycles. The van der Waals surface area contributed by atoms with Gasteiger partial charge >= 0.3 is 0 Å². The van der Waals surface area contributed by atoms with Gasteiger partial charge in [0.1, 0.15) is 0 Å².